The second-order valence-electron chi connectivity index (χ2n) is 4.92. The van der Waals surface area contributed by atoms with Crippen LogP contribution in [-0.4, -0.2) is 14.8 Å². The lowest BCUT2D eigenvalue weighted by molar-refractivity contribution is 0.859. The van der Waals surface area contributed by atoms with Crippen molar-refractivity contribution in [3.8, 4) is 5.69 Å². The second-order valence-corrected chi connectivity index (χ2v) is 4.92. The number of nitrogens with zero attached hydrogens (tertiary/aromatic N) is 3. The van der Waals surface area contributed by atoms with Crippen LogP contribution in [0.5, 0.6) is 0 Å². The summed E-state index contributed by atoms with van der Waals surface area (Å²) in [4.78, 5) is 4.36. The molecule has 0 aliphatic rings. The van der Waals surface area contributed by atoms with Crippen molar-refractivity contribution in [2.45, 2.75) is 19.8 Å². The first-order valence-corrected chi connectivity index (χ1v) is 6.36. The predicted molar refractivity (Wildman–Crippen MR) is 77.4 cm³/mol. The summed E-state index contributed by atoms with van der Waals surface area (Å²) in [6.45, 7) is 4.36. The van der Waals surface area contributed by atoms with Crippen molar-refractivity contribution in [1.82, 2.24) is 14.8 Å². The van der Waals surface area contributed by atoms with Gasteiger partial charge in [0.1, 0.15) is 0 Å². The fourth-order valence-corrected chi connectivity index (χ4v) is 2.16. The summed E-state index contributed by atoms with van der Waals surface area (Å²) in [7, 11) is 0. The van der Waals surface area contributed by atoms with Gasteiger partial charge in [0, 0.05) is 6.20 Å². The lowest BCUT2D eigenvalue weighted by Gasteiger charge is -2.07. The summed E-state index contributed by atoms with van der Waals surface area (Å²) in [6, 6.07) is 12.1. The third-order valence-corrected chi connectivity index (χ3v) is 3.28. The summed E-state index contributed by atoms with van der Waals surface area (Å²) in [5, 5.41) is 5.25. The molecule has 0 fully saturated rings. The molecule has 4 heteroatoms. The van der Waals surface area contributed by atoms with E-state index in [4.69, 9.17) is 5.73 Å². The van der Waals surface area contributed by atoms with Gasteiger partial charge in [0.05, 0.1) is 11.1 Å². The van der Waals surface area contributed by atoms with Gasteiger partial charge in [-0.3, -0.25) is 0 Å². The van der Waals surface area contributed by atoms with Crippen LogP contribution in [0.25, 0.3) is 16.7 Å². The average Bonchev–Trinajstić information content (AvgIpc) is 2.77. The molecule has 96 valence electrons. The van der Waals surface area contributed by atoms with E-state index in [0.29, 0.717) is 11.7 Å². The highest BCUT2D eigenvalue weighted by Crippen LogP contribution is 2.23. The summed E-state index contributed by atoms with van der Waals surface area (Å²) in [5.74, 6) is 1.03. The zero-order valence-electron chi connectivity index (χ0n) is 11.0. The monoisotopic (exact) mass is 252 g/mol. The summed E-state index contributed by atoms with van der Waals surface area (Å²) in [5.41, 5.74) is 8.99. The fourth-order valence-electron chi connectivity index (χ4n) is 2.16. The predicted octanol–water partition coefficient (Wildman–Crippen LogP) is 3.13. The maximum atomic E-state index is 5.92. The number of rotatable bonds is 2. The number of pyridine rings is 1. The average molecular weight is 252 g/mol. The van der Waals surface area contributed by atoms with Gasteiger partial charge in [-0.2, -0.15) is 0 Å². The van der Waals surface area contributed by atoms with Crippen molar-refractivity contribution < 1.29 is 0 Å². The number of hydrogen-bond donors (Lipinski definition) is 1. The van der Waals surface area contributed by atoms with Crippen molar-refractivity contribution in [3.63, 3.8) is 0 Å². The third kappa shape index (κ3) is 1.95. The number of benzene rings is 1. The molecule has 0 saturated carbocycles. The molecule has 0 bridgehead atoms. The fraction of sp³-hybridized carbons (Fsp3) is 0.200. The molecule has 2 aromatic heterocycles. The van der Waals surface area contributed by atoms with Crippen LogP contribution < -0.4 is 5.73 Å². The second kappa shape index (κ2) is 4.39. The van der Waals surface area contributed by atoms with E-state index >= 15 is 0 Å². The Bertz CT molecular complexity index is 711. The van der Waals surface area contributed by atoms with Crippen LogP contribution in [0.2, 0.25) is 0 Å². The van der Waals surface area contributed by atoms with Crippen LogP contribution in [0.3, 0.4) is 0 Å². The standard InChI is InChI=1S/C15H16N4/c1-10(2)11-5-7-12(8-6-11)19-15-13(14(16)18-19)4-3-9-17-15/h3-10H,1-2H3,(H2,16,18). The molecule has 19 heavy (non-hydrogen) atoms. The SMILES string of the molecule is CC(C)c1ccc(-n2nc(N)c3cccnc32)cc1. The minimum Gasteiger partial charge on any atom is -0.382 e. The Labute approximate surface area is 111 Å². The maximum absolute atomic E-state index is 5.92. The van der Waals surface area contributed by atoms with Gasteiger partial charge in [0.15, 0.2) is 11.5 Å². The Morgan fingerprint density at radius 2 is 1.84 bits per heavy atom. The Kier molecular flexibility index (Phi) is 2.71. The van der Waals surface area contributed by atoms with Gasteiger partial charge in [0.2, 0.25) is 0 Å². The molecule has 0 radical (unpaired) electrons. The van der Waals surface area contributed by atoms with Gasteiger partial charge >= 0.3 is 0 Å². The molecule has 0 spiro atoms. The van der Waals surface area contributed by atoms with Crippen molar-refractivity contribution in [1.29, 1.82) is 0 Å². The minimum absolute atomic E-state index is 0.510. The van der Waals surface area contributed by atoms with Gasteiger partial charge in [-0.1, -0.05) is 26.0 Å². The van der Waals surface area contributed by atoms with Gasteiger partial charge < -0.3 is 5.73 Å². The molecular formula is C15H16N4. The molecule has 1 aromatic carbocycles. The van der Waals surface area contributed by atoms with Gasteiger partial charge in [-0.25, -0.2) is 9.67 Å². The van der Waals surface area contributed by atoms with Gasteiger partial charge in [-0.15, -0.1) is 5.10 Å². The topological polar surface area (TPSA) is 56.7 Å². The molecule has 0 unspecified atom stereocenters. The van der Waals surface area contributed by atoms with E-state index in [0.717, 1.165) is 16.7 Å². The molecule has 0 saturated heterocycles. The van der Waals surface area contributed by atoms with Crippen LogP contribution in [0.1, 0.15) is 25.3 Å². The van der Waals surface area contributed by atoms with E-state index in [1.54, 1.807) is 10.9 Å². The van der Waals surface area contributed by atoms with E-state index < -0.39 is 0 Å². The number of anilines is 1. The quantitative estimate of drug-likeness (QED) is 0.762. The van der Waals surface area contributed by atoms with Crippen molar-refractivity contribution >= 4 is 16.9 Å². The summed E-state index contributed by atoms with van der Waals surface area (Å²) in [6.07, 6.45) is 1.75. The largest absolute Gasteiger partial charge is 0.382 e. The molecule has 3 aromatic rings. The van der Waals surface area contributed by atoms with Crippen molar-refractivity contribution in [2.75, 3.05) is 5.73 Å². The van der Waals surface area contributed by atoms with E-state index in [9.17, 15) is 0 Å². The van der Waals surface area contributed by atoms with Crippen molar-refractivity contribution in [3.05, 3.63) is 48.2 Å². The number of aromatic nitrogens is 3. The zero-order chi connectivity index (χ0) is 13.4. The van der Waals surface area contributed by atoms with E-state index in [1.165, 1.54) is 5.56 Å². The first-order chi connectivity index (χ1) is 9.16. The van der Waals surface area contributed by atoms with E-state index in [-0.39, 0.29) is 0 Å². The molecule has 0 aliphatic heterocycles. The van der Waals surface area contributed by atoms with E-state index in [2.05, 4.69) is 48.2 Å². The maximum Gasteiger partial charge on any atom is 0.165 e. The molecule has 0 amide bonds. The highest BCUT2D eigenvalue weighted by Gasteiger charge is 2.10. The normalized spacial score (nSPS) is 11.3. The Hall–Kier alpha value is -2.36. The lowest BCUT2D eigenvalue weighted by atomic mass is 10.0. The molecule has 4 nitrogen and oxygen atoms in total. The van der Waals surface area contributed by atoms with E-state index in [1.807, 2.05) is 12.1 Å². The third-order valence-electron chi connectivity index (χ3n) is 3.28. The zero-order valence-corrected chi connectivity index (χ0v) is 11.0. The first-order valence-electron chi connectivity index (χ1n) is 6.36. The molecule has 2 N–H and O–H groups in total. The summed E-state index contributed by atoms with van der Waals surface area (Å²) < 4.78 is 1.79. The van der Waals surface area contributed by atoms with Gasteiger partial charge in [0.25, 0.3) is 0 Å². The number of nitrogens with two attached hydrogens (primary N) is 1. The van der Waals surface area contributed by atoms with Crippen LogP contribution in [0.4, 0.5) is 5.82 Å². The molecular weight excluding hydrogens is 236 g/mol. The summed E-state index contributed by atoms with van der Waals surface area (Å²) >= 11 is 0. The minimum atomic E-state index is 0.510. The molecule has 3 rings (SSSR count). The number of hydrogen-bond acceptors (Lipinski definition) is 3. The highest BCUT2D eigenvalue weighted by molar-refractivity contribution is 5.87. The first kappa shape index (κ1) is 11.7. The molecule has 0 atom stereocenters. The van der Waals surface area contributed by atoms with Crippen LogP contribution in [0, 0.1) is 0 Å². The molecule has 0 aliphatic carbocycles. The van der Waals surface area contributed by atoms with Crippen LogP contribution in [-0.2, 0) is 0 Å². The van der Waals surface area contributed by atoms with Gasteiger partial charge in [-0.05, 0) is 35.7 Å². The Morgan fingerprint density at radius 3 is 2.53 bits per heavy atom. The Morgan fingerprint density at radius 1 is 1.11 bits per heavy atom. The van der Waals surface area contributed by atoms with Crippen molar-refractivity contribution in [2.24, 2.45) is 0 Å². The van der Waals surface area contributed by atoms with Crippen LogP contribution in [0.15, 0.2) is 42.6 Å². The highest BCUT2D eigenvalue weighted by atomic mass is 15.3. The number of nitrogen functional groups attached to an aromatic ring is 1. The lowest BCUT2D eigenvalue weighted by Crippen LogP contribution is -1.99. The molecule has 2 heterocycles. The number of fused-ring (bicyclic) bond motifs is 1. The Balaban J connectivity index is 2.14. The smallest absolute Gasteiger partial charge is 0.165 e. The van der Waals surface area contributed by atoms with Crippen LogP contribution >= 0.6 is 0 Å².